The fourth-order valence-corrected chi connectivity index (χ4v) is 2.91. The Balaban J connectivity index is 1.44. The van der Waals surface area contributed by atoms with Crippen LogP contribution >= 0.6 is 0 Å². The van der Waals surface area contributed by atoms with Crippen LogP contribution in [-0.4, -0.2) is 42.5 Å². The van der Waals surface area contributed by atoms with Gasteiger partial charge in [0.2, 0.25) is 11.8 Å². The monoisotopic (exact) mass is 338 g/mol. The summed E-state index contributed by atoms with van der Waals surface area (Å²) in [4.78, 5) is 26.1. The number of halogens is 2. The minimum Gasteiger partial charge on any atom is -0.489 e. The zero-order chi connectivity index (χ0) is 17.1. The Morgan fingerprint density at radius 2 is 2.04 bits per heavy atom. The number of nitrogens with zero attached hydrogens (tertiary/aromatic N) is 1. The zero-order valence-corrected chi connectivity index (χ0v) is 13.3. The average Bonchev–Trinajstić information content (AvgIpc) is 3.29. The first kappa shape index (κ1) is 16.7. The standard InChI is InChI=1S/C17H20F2N2O3/c18-12-5-6-15(13(19)10-12)24-9-7-20-16(22)14-2-1-8-21(14)17(23)11-3-4-11/h5-6,10-11,14H,1-4,7-9H2,(H,20,22). The molecule has 0 bridgehead atoms. The molecule has 1 aromatic carbocycles. The Morgan fingerprint density at radius 1 is 1.25 bits per heavy atom. The second kappa shape index (κ2) is 7.15. The number of benzene rings is 1. The van der Waals surface area contributed by atoms with Crippen molar-refractivity contribution in [2.45, 2.75) is 31.7 Å². The molecule has 2 aliphatic rings. The van der Waals surface area contributed by atoms with Gasteiger partial charge in [-0.25, -0.2) is 8.78 Å². The lowest BCUT2D eigenvalue weighted by atomic mass is 10.2. The molecule has 5 nitrogen and oxygen atoms in total. The van der Waals surface area contributed by atoms with Crippen molar-refractivity contribution in [1.29, 1.82) is 0 Å². The highest BCUT2D eigenvalue weighted by Gasteiger charge is 2.40. The molecular weight excluding hydrogens is 318 g/mol. The van der Waals surface area contributed by atoms with Crippen LogP contribution in [0.5, 0.6) is 5.75 Å². The van der Waals surface area contributed by atoms with Gasteiger partial charge in [0.25, 0.3) is 0 Å². The van der Waals surface area contributed by atoms with E-state index in [9.17, 15) is 18.4 Å². The van der Waals surface area contributed by atoms with Gasteiger partial charge in [-0.3, -0.25) is 9.59 Å². The molecule has 7 heteroatoms. The maximum atomic E-state index is 13.4. The topological polar surface area (TPSA) is 58.6 Å². The molecule has 1 aliphatic heterocycles. The fourth-order valence-electron chi connectivity index (χ4n) is 2.91. The molecule has 0 spiro atoms. The summed E-state index contributed by atoms with van der Waals surface area (Å²) in [6, 6.07) is 2.64. The molecule has 0 radical (unpaired) electrons. The molecule has 3 rings (SSSR count). The summed E-state index contributed by atoms with van der Waals surface area (Å²) in [6.45, 7) is 0.889. The summed E-state index contributed by atoms with van der Waals surface area (Å²) >= 11 is 0. The van der Waals surface area contributed by atoms with Gasteiger partial charge < -0.3 is 15.0 Å². The first-order valence-corrected chi connectivity index (χ1v) is 8.22. The number of carbonyl (C=O) groups is 2. The minimum absolute atomic E-state index is 0.0583. The highest BCUT2D eigenvalue weighted by atomic mass is 19.1. The number of likely N-dealkylation sites (tertiary alicyclic amines) is 1. The molecule has 1 saturated carbocycles. The summed E-state index contributed by atoms with van der Waals surface area (Å²) in [5.41, 5.74) is 0. The molecule has 130 valence electrons. The van der Waals surface area contributed by atoms with E-state index in [1.807, 2.05) is 0 Å². The SMILES string of the molecule is O=C(NCCOc1ccc(F)cc1F)C1CCCN1C(=O)C1CC1. The van der Waals surface area contributed by atoms with E-state index >= 15 is 0 Å². The Labute approximate surface area is 139 Å². The van der Waals surface area contributed by atoms with Crippen LogP contribution in [0.2, 0.25) is 0 Å². The lowest BCUT2D eigenvalue weighted by Crippen LogP contribution is -2.47. The van der Waals surface area contributed by atoms with Gasteiger partial charge in [-0.1, -0.05) is 0 Å². The molecule has 0 aromatic heterocycles. The molecular formula is C17H20F2N2O3. The van der Waals surface area contributed by atoms with Crippen LogP contribution in [0.4, 0.5) is 8.78 Å². The van der Waals surface area contributed by atoms with E-state index < -0.39 is 17.7 Å². The molecule has 1 aromatic rings. The van der Waals surface area contributed by atoms with Crippen molar-refractivity contribution in [2.75, 3.05) is 19.7 Å². The van der Waals surface area contributed by atoms with Gasteiger partial charge in [-0.05, 0) is 37.8 Å². The number of ether oxygens (including phenoxy) is 1. The summed E-state index contributed by atoms with van der Waals surface area (Å²) in [5, 5.41) is 2.72. The van der Waals surface area contributed by atoms with Gasteiger partial charge in [-0.2, -0.15) is 0 Å². The summed E-state index contributed by atoms with van der Waals surface area (Å²) in [6.07, 6.45) is 3.33. The Morgan fingerprint density at radius 3 is 2.75 bits per heavy atom. The van der Waals surface area contributed by atoms with Crippen LogP contribution in [0.25, 0.3) is 0 Å². The van der Waals surface area contributed by atoms with Crippen LogP contribution in [0.15, 0.2) is 18.2 Å². The first-order chi connectivity index (χ1) is 11.6. The third-order valence-corrected chi connectivity index (χ3v) is 4.32. The number of carbonyl (C=O) groups excluding carboxylic acids is 2. The maximum Gasteiger partial charge on any atom is 0.242 e. The van der Waals surface area contributed by atoms with Gasteiger partial charge in [0.1, 0.15) is 18.5 Å². The van der Waals surface area contributed by atoms with Crippen LogP contribution in [0.3, 0.4) is 0 Å². The maximum absolute atomic E-state index is 13.4. The van der Waals surface area contributed by atoms with Crippen molar-refractivity contribution in [3.63, 3.8) is 0 Å². The van der Waals surface area contributed by atoms with Crippen LogP contribution in [0.1, 0.15) is 25.7 Å². The Hall–Kier alpha value is -2.18. The van der Waals surface area contributed by atoms with Gasteiger partial charge in [0, 0.05) is 18.5 Å². The third-order valence-electron chi connectivity index (χ3n) is 4.32. The molecule has 2 amide bonds. The number of amides is 2. The summed E-state index contributed by atoms with van der Waals surface area (Å²) in [5.74, 6) is -1.53. The highest BCUT2D eigenvalue weighted by molar-refractivity contribution is 5.89. The van der Waals surface area contributed by atoms with E-state index in [-0.39, 0.29) is 36.6 Å². The number of hydrogen-bond donors (Lipinski definition) is 1. The molecule has 1 aliphatic carbocycles. The molecule has 2 fully saturated rings. The van der Waals surface area contributed by atoms with E-state index in [4.69, 9.17) is 4.74 Å². The normalized spacial score (nSPS) is 20.1. The number of hydrogen-bond acceptors (Lipinski definition) is 3. The van der Waals surface area contributed by atoms with Crippen molar-refractivity contribution in [3.05, 3.63) is 29.8 Å². The molecule has 1 N–H and O–H groups in total. The highest BCUT2D eigenvalue weighted by Crippen LogP contribution is 2.33. The third kappa shape index (κ3) is 3.83. The Kier molecular flexibility index (Phi) is 4.97. The predicted molar refractivity (Wildman–Crippen MR) is 82.3 cm³/mol. The van der Waals surface area contributed by atoms with Crippen LogP contribution in [-0.2, 0) is 9.59 Å². The van der Waals surface area contributed by atoms with Crippen molar-refractivity contribution in [3.8, 4) is 5.75 Å². The van der Waals surface area contributed by atoms with Crippen molar-refractivity contribution >= 4 is 11.8 Å². The van der Waals surface area contributed by atoms with Gasteiger partial charge >= 0.3 is 0 Å². The molecule has 1 atom stereocenters. The van der Waals surface area contributed by atoms with E-state index in [0.717, 1.165) is 31.4 Å². The molecule has 1 saturated heterocycles. The lowest BCUT2D eigenvalue weighted by molar-refractivity contribution is -0.139. The predicted octanol–water partition coefficient (Wildman–Crippen LogP) is 1.86. The van der Waals surface area contributed by atoms with Crippen molar-refractivity contribution in [2.24, 2.45) is 5.92 Å². The number of nitrogens with one attached hydrogen (secondary N) is 1. The smallest absolute Gasteiger partial charge is 0.242 e. The molecule has 1 heterocycles. The second-order valence-corrected chi connectivity index (χ2v) is 6.18. The van der Waals surface area contributed by atoms with Gasteiger partial charge in [0.05, 0.1) is 6.54 Å². The molecule has 24 heavy (non-hydrogen) atoms. The lowest BCUT2D eigenvalue weighted by Gasteiger charge is -2.24. The van der Waals surface area contributed by atoms with Crippen LogP contribution in [0, 0.1) is 17.6 Å². The molecule has 1 unspecified atom stereocenters. The zero-order valence-electron chi connectivity index (χ0n) is 13.3. The second-order valence-electron chi connectivity index (χ2n) is 6.18. The first-order valence-electron chi connectivity index (χ1n) is 8.22. The van der Waals surface area contributed by atoms with Gasteiger partial charge in [-0.15, -0.1) is 0 Å². The van der Waals surface area contributed by atoms with Gasteiger partial charge in [0.15, 0.2) is 11.6 Å². The van der Waals surface area contributed by atoms with E-state index in [2.05, 4.69) is 5.32 Å². The minimum atomic E-state index is -0.779. The Bertz CT molecular complexity index is 634. The van der Waals surface area contributed by atoms with E-state index in [0.29, 0.717) is 13.0 Å². The number of rotatable bonds is 6. The summed E-state index contributed by atoms with van der Waals surface area (Å²) < 4.78 is 31.4. The largest absolute Gasteiger partial charge is 0.489 e. The van der Waals surface area contributed by atoms with E-state index in [1.165, 1.54) is 6.07 Å². The average molecular weight is 338 g/mol. The quantitative estimate of drug-likeness (QED) is 0.806. The van der Waals surface area contributed by atoms with E-state index in [1.54, 1.807) is 4.90 Å². The van der Waals surface area contributed by atoms with Crippen molar-refractivity contribution in [1.82, 2.24) is 10.2 Å². The van der Waals surface area contributed by atoms with Crippen LogP contribution < -0.4 is 10.1 Å². The fraction of sp³-hybridized carbons (Fsp3) is 0.529. The summed E-state index contributed by atoms with van der Waals surface area (Å²) in [7, 11) is 0. The van der Waals surface area contributed by atoms with Crippen molar-refractivity contribution < 1.29 is 23.1 Å².